The molecule has 0 atom stereocenters. The Morgan fingerprint density at radius 1 is 1.07 bits per heavy atom. The molecule has 0 unspecified atom stereocenters. The first kappa shape index (κ1) is 17.3. The zero-order valence-corrected chi connectivity index (χ0v) is 15.5. The van der Waals surface area contributed by atoms with Crippen LogP contribution in [0.2, 0.25) is 0 Å². The molecule has 5 nitrogen and oxygen atoms in total. The van der Waals surface area contributed by atoms with Gasteiger partial charge in [0.15, 0.2) is 5.58 Å². The number of rotatable bonds is 5. The number of fused-ring (bicyclic) bond motifs is 2. The predicted molar refractivity (Wildman–Crippen MR) is 109 cm³/mol. The van der Waals surface area contributed by atoms with Gasteiger partial charge < -0.3 is 4.42 Å². The zero-order chi connectivity index (χ0) is 18.6. The summed E-state index contributed by atoms with van der Waals surface area (Å²) in [6, 6.07) is 21.8. The van der Waals surface area contributed by atoms with Crippen LogP contribution in [0.25, 0.3) is 21.9 Å². The fourth-order valence-electron chi connectivity index (χ4n) is 2.70. The Kier molecular flexibility index (Phi) is 4.89. The lowest BCUT2D eigenvalue weighted by atomic mass is 10.0. The molecule has 1 heterocycles. The van der Waals surface area contributed by atoms with Crippen LogP contribution in [0.5, 0.6) is 0 Å². The van der Waals surface area contributed by atoms with E-state index in [0.717, 1.165) is 22.2 Å². The lowest BCUT2D eigenvalue weighted by Crippen LogP contribution is -2.21. The monoisotopic (exact) mass is 375 g/mol. The SMILES string of the molecule is C/C(=N/NC(=O)CSc1nc2ccccc2o1)c1ccc2ccccc2c1. The van der Waals surface area contributed by atoms with E-state index in [2.05, 4.69) is 39.8 Å². The van der Waals surface area contributed by atoms with Gasteiger partial charge in [0.1, 0.15) is 5.52 Å². The lowest BCUT2D eigenvalue weighted by molar-refractivity contribution is -0.118. The van der Waals surface area contributed by atoms with E-state index in [9.17, 15) is 4.79 Å². The molecule has 27 heavy (non-hydrogen) atoms. The number of hydrazone groups is 1. The first-order chi connectivity index (χ1) is 13.2. The maximum atomic E-state index is 12.1. The average molecular weight is 375 g/mol. The summed E-state index contributed by atoms with van der Waals surface area (Å²) in [5.74, 6) is -0.0242. The minimum atomic E-state index is -0.206. The van der Waals surface area contributed by atoms with Crippen molar-refractivity contribution in [2.75, 3.05) is 5.75 Å². The Morgan fingerprint density at radius 3 is 2.70 bits per heavy atom. The van der Waals surface area contributed by atoms with Crippen LogP contribution in [-0.2, 0) is 4.79 Å². The van der Waals surface area contributed by atoms with Gasteiger partial charge in [-0.05, 0) is 41.5 Å². The molecule has 3 aromatic carbocycles. The van der Waals surface area contributed by atoms with E-state index in [4.69, 9.17) is 4.42 Å². The summed E-state index contributed by atoms with van der Waals surface area (Å²) in [6.45, 7) is 1.87. The molecular weight excluding hydrogens is 358 g/mol. The Hall–Kier alpha value is -3.12. The van der Waals surface area contributed by atoms with Crippen molar-refractivity contribution in [1.82, 2.24) is 10.4 Å². The van der Waals surface area contributed by atoms with Gasteiger partial charge in [-0.1, -0.05) is 60.3 Å². The summed E-state index contributed by atoms with van der Waals surface area (Å²) < 4.78 is 5.59. The molecule has 0 saturated carbocycles. The molecule has 0 bridgehead atoms. The number of nitrogens with one attached hydrogen (secondary N) is 1. The molecule has 134 valence electrons. The Labute approximate surface area is 160 Å². The normalized spacial score (nSPS) is 11.8. The molecule has 1 amide bonds. The van der Waals surface area contributed by atoms with E-state index in [1.54, 1.807) is 0 Å². The fourth-order valence-corrected chi connectivity index (χ4v) is 3.33. The minimum Gasteiger partial charge on any atom is -0.431 e. The van der Waals surface area contributed by atoms with Crippen molar-refractivity contribution in [3.05, 3.63) is 72.3 Å². The number of para-hydroxylation sites is 2. The van der Waals surface area contributed by atoms with Crippen molar-refractivity contribution in [3.8, 4) is 0 Å². The molecule has 0 aliphatic rings. The molecule has 4 rings (SSSR count). The summed E-state index contributed by atoms with van der Waals surface area (Å²) in [4.78, 5) is 16.4. The first-order valence-corrected chi connectivity index (χ1v) is 9.48. The highest BCUT2D eigenvalue weighted by molar-refractivity contribution is 7.99. The lowest BCUT2D eigenvalue weighted by Gasteiger charge is -2.04. The Morgan fingerprint density at radius 2 is 1.85 bits per heavy atom. The quantitative estimate of drug-likeness (QED) is 0.314. The van der Waals surface area contributed by atoms with E-state index >= 15 is 0 Å². The number of oxazole rings is 1. The molecule has 0 radical (unpaired) electrons. The second-order valence-electron chi connectivity index (χ2n) is 6.03. The third-order valence-corrected chi connectivity index (χ3v) is 4.94. The van der Waals surface area contributed by atoms with Crippen molar-refractivity contribution < 1.29 is 9.21 Å². The number of aromatic nitrogens is 1. The van der Waals surface area contributed by atoms with Gasteiger partial charge >= 0.3 is 0 Å². The van der Waals surface area contributed by atoms with Gasteiger partial charge in [0, 0.05) is 0 Å². The summed E-state index contributed by atoms with van der Waals surface area (Å²) in [5.41, 5.74) is 5.81. The van der Waals surface area contributed by atoms with Crippen molar-refractivity contribution >= 4 is 45.3 Å². The van der Waals surface area contributed by atoms with E-state index in [0.29, 0.717) is 10.8 Å². The summed E-state index contributed by atoms with van der Waals surface area (Å²) in [7, 11) is 0. The molecule has 0 aliphatic heterocycles. The van der Waals surface area contributed by atoms with E-state index < -0.39 is 0 Å². The number of hydrogen-bond acceptors (Lipinski definition) is 5. The average Bonchev–Trinajstić information content (AvgIpc) is 3.13. The third kappa shape index (κ3) is 4.01. The second kappa shape index (κ2) is 7.63. The van der Waals surface area contributed by atoms with Crippen LogP contribution in [0.4, 0.5) is 0 Å². The highest BCUT2D eigenvalue weighted by Gasteiger charge is 2.09. The first-order valence-electron chi connectivity index (χ1n) is 8.50. The molecule has 1 aromatic heterocycles. The molecule has 0 spiro atoms. The predicted octanol–water partition coefficient (Wildman–Crippen LogP) is 4.61. The van der Waals surface area contributed by atoms with E-state index in [-0.39, 0.29) is 11.7 Å². The van der Waals surface area contributed by atoms with Crippen LogP contribution < -0.4 is 5.43 Å². The third-order valence-electron chi connectivity index (χ3n) is 4.12. The van der Waals surface area contributed by atoms with Crippen LogP contribution in [-0.4, -0.2) is 22.4 Å². The summed E-state index contributed by atoms with van der Waals surface area (Å²) in [6.07, 6.45) is 0. The van der Waals surface area contributed by atoms with Crippen LogP contribution >= 0.6 is 11.8 Å². The summed E-state index contributed by atoms with van der Waals surface area (Å²) in [5, 5.41) is 7.00. The Bertz CT molecular complexity index is 1120. The maximum absolute atomic E-state index is 12.1. The number of amides is 1. The molecule has 6 heteroatoms. The maximum Gasteiger partial charge on any atom is 0.257 e. The van der Waals surface area contributed by atoms with Crippen LogP contribution in [0.1, 0.15) is 12.5 Å². The van der Waals surface area contributed by atoms with E-state index in [1.807, 2.05) is 49.4 Å². The zero-order valence-electron chi connectivity index (χ0n) is 14.7. The molecular formula is C21H17N3O2S. The minimum absolute atomic E-state index is 0.182. The van der Waals surface area contributed by atoms with Gasteiger partial charge in [-0.25, -0.2) is 10.4 Å². The number of thioether (sulfide) groups is 1. The summed E-state index contributed by atoms with van der Waals surface area (Å²) >= 11 is 1.24. The molecule has 4 aromatic rings. The van der Waals surface area contributed by atoms with Crippen molar-refractivity contribution in [1.29, 1.82) is 0 Å². The standard InChI is InChI=1S/C21H17N3O2S/c1-14(16-11-10-15-6-2-3-7-17(15)12-16)23-24-20(25)13-27-21-22-18-8-4-5-9-19(18)26-21/h2-12H,13H2,1H3,(H,24,25)/b23-14-. The van der Waals surface area contributed by atoms with Crippen LogP contribution in [0.3, 0.4) is 0 Å². The van der Waals surface area contributed by atoms with Crippen LogP contribution in [0, 0.1) is 0 Å². The number of hydrogen-bond donors (Lipinski definition) is 1. The van der Waals surface area contributed by atoms with Gasteiger partial charge in [-0.3, -0.25) is 4.79 Å². The molecule has 0 saturated heterocycles. The van der Waals surface area contributed by atoms with E-state index in [1.165, 1.54) is 17.1 Å². The number of carbonyl (C=O) groups excluding carboxylic acids is 1. The molecule has 1 N–H and O–H groups in total. The highest BCUT2D eigenvalue weighted by atomic mass is 32.2. The number of benzene rings is 3. The van der Waals surface area contributed by atoms with Gasteiger partial charge in [0.2, 0.25) is 0 Å². The number of nitrogens with zero attached hydrogens (tertiary/aromatic N) is 2. The highest BCUT2D eigenvalue weighted by Crippen LogP contribution is 2.22. The van der Waals surface area contributed by atoms with Gasteiger partial charge in [0.25, 0.3) is 11.1 Å². The van der Waals surface area contributed by atoms with Crippen molar-refractivity contribution in [2.24, 2.45) is 5.10 Å². The number of carbonyl (C=O) groups is 1. The Balaban J connectivity index is 1.38. The smallest absolute Gasteiger partial charge is 0.257 e. The van der Waals surface area contributed by atoms with Gasteiger partial charge in [-0.2, -0.15) is 5.10 Å². The second-order valence-corrected chi connectivity index (χ2v) is 6.96. The largest absolute Gasteiger partial charge is 0.431 e. The molecule has 0 aliphatic carbocycles. The topological polar surface area (TPSA) is 67.5 Å². The fraction of sp³-hybridized carbons (Fsp3) is 0.0952. The van der Waals surface area contributed by atoms with Crippen LogP contribution in [0.15, 0.2) is 81.5 Å². The van der Waals surface area contributed by atoms with Gasteiger partial charge in [-0.15, -0.1) is 0 Å². The van der Waals surface area contributed by atoms with Gasteiger partial charge in [0.05, 0.1) is 11.5 Å². The van der Waals surface area contributed by atoms with Crippen molar-refractivity contribution in [3.63, 3.8) is 0 Å². The molecule has 0 fully saturated rings. The van der Waals surface area contributed by atoms with Crippen molar-refractivity contribution in [2.45, 2.75) is 12.1 Å².